The van der Waals surface area contributed by atoms with E-state index in [0.717, 1.165) is 0 Å². The predicted molar refractivity (Wildman–Crippen MR) is 97.4 cm³/mol. The number of aryl methyl sites for hydroxylation is 1. The number of nitro groups is 1. The number of nitrogens with zero attached hydrogens (tertiary/aromatic N) is 2. The van der Waals surface area contributed by atoms with Gasteiger partial charge in [0.2, 0.25) is 5.75 Å². The molecule has 7 nitrogen and oxygen atoms in total. The topological polar surface area (TPSA) is 94.6 Å². The van der Waals surface area contributed by atoms with E-state index in [1.165, 1.54) is 27.4 Å². The molecule has 0 saturated carbocycles. The first-order chi connectivity index (χ1) is 12.4. The molecular formula is C19H18N2O5. The van der Waals surface area contributed by atoms with Crippen molar-refractivity contribution in [2.45, 2.75) is 6.92 Å². The van der Waals surface area contributed by atoms with Gasteiger partial charge in [0.25, 0.3) is 5.69 Å². The van der Waals surface area contributed by atoms with Crippen LogP contribution >= 0.6 is 0 Å². The Labute approximate surface area is 151 Å². The highest BCUT2D eigenvalue weighted by atomic mass is 16.6. The molecule has 0 spiro atoms. The quantitative estimate of drug-likeness (QED) is 0.337. The highest BCUT2D eigenvalue weighted by Crippen LogP contribution is 2.40. The van der Waals surface area contributed by atoms with Gasteiger partial charge in [-0.3, -0.25) is 10.1 Å². The minimum atomic E-state index is -0.446. The zero-order chi connectivity index (χ0) is 19.3. The summed E-state index contributed by atoms with van der Waals surface area (Å²) in [5.74, 6) is 1.25. The van der Waals surface area contributed by atoms with Crippen molar-refractivity contribution in [2.24, 2.45) is 0 Å². The highest BCUT2D eigenvalue weighted by Gasteiger charge is 2.16. The second-order valence-corrected chi connectivity index (χ2v) is 5.39. The molecule has 0 aliphatic heterocycles. The third kappa shape index (κ3) is 3.75. The van der Waals surface area contributed by atoms with Crippen LogP contribution in [0.3, 0.4) is 0 Å². The highest BCUT2D eigenvalue weighted by molar-refractivity contribution is 5.91. The number of methoxy groups -OCH3 is 3. The summed E-state index contributed by atoms with van der Waals surface area (Å²) in [5, 5.41) is 20.7. The van der Waals surface area contributed by atoms with E-state index in [1.807, 2.05) is 0 Å². The predicted octanol–water partition coefficient (Wildman–Crippen LogP) is 3.99. The van der Waals surface area contributed by atoms with Crippen LogP contribution in [0.1, 0.15) is 16.7 Å². The van der Waals surface area contributed by atoms with Crippen LogP contribution in [0.15, 0.2) is 30.3 Å². The van der Waals surface area contributed by atoms with Crippen molar-refractivity contribution in [1.82, 2.24) is 0 Å². The SMILES string of the molecule is COc1cc(/C(C#N)=C\c2ccc(C)c([N+](=O)[O-])c2)cc(OC)c1OC. The number of hydrogen-bond donors (Lipinski definition) is 0. The fourth-order valence-corrected chi connectivity index (χ4v) is 2.50. The van der Waals surface area contributed by atoms with Gasteiger partial charge in [-0.2, -0.15) is 5.26 Å². The number of nitro benzene ring substituents is 1. The maximum atomic E-state index is 11.1. The smallest absolute Gasteiger partial charge is 0.272 e. The summed E-state index contributed by atoms with van der Waals surface area (Å²) in [6.07, 6.45) is 1.58. The molecule has 0 saturated heterocycles. The van der Waals surface area contributed by atoms with Gasteiger partial charge in [-0.25, -0.2) is 0 Å². The van der Waals surface area contributed by atoms with Crippen LogP contribution < -0.4 is 14.2 Å². The van der Waals surface area contributed by atoms with Crippen LogP contribution in [0.25, 0.3) is 11.6 Å². The molecule has 134 valence electrons. The molecule has 0 N–H and O–H groups in total. The van der Waals surface area contributed by atoms with Gasteiger partial charge >= 0.3 is 0 Å². The van der Waals surface area contributed by atoms with Crippen molar-refractivity contribution in [1.29, 1.82) is 5.26 Å². The molecule has 7 heteroatoms. The van der Waals surface area contributed by atoms with Gasteiger partial charge in [-0.1, -0.05) is 12.1 Å². The van der Waals surface area contributed by atoms with E-state index in [-0.39, 0.29) is 5.69 Å². The van der Waals surface area contributed by atoms with Gasteiger partial charge in [0.1, 0.15) is 0 Å². The van der Waals surface area contributed by atoms with Crippen molar-refractivity contribution in [3.63, 3.8) is 0 Å². The second-order valence-electron chi connectivity index (χ2n) is 5.39. The summed E-state index contributed by atoms with van der Waals surface area (Å²) in [5.41, 5.74) is 1.96. The Morgan fingerprint density at radius 3 is 2.19 bits per heavy atom. The van der Waals surface area contributed by atoms with Crippen molar-refractivity contribution in [3.05, 3.63) is 57.1 Å². The van der Waals surface area contributed by atoms with Crippen LogP contribution in [-0.2, 0) is 0 Å². The van der Waals surface area contributed by atoms with Crippen molar-refractivity contribution >= 4 is 17.3 Å². The van der Waals surface area contributed by atoms with Crippen LogP contribution in [-0.4, -0.2) is 26.3 Å². The summed E-state index contributed by atoms with van der Waals surface area (Å²) in [6, 6.07) is 10.2. The Morgan fingerprint density at radius 2 is 1.73 bits per heavy atom. The standard InChI is InChI=1S/C19H18N2O5/c1-12-5-6-13(8-16(12)21(22)23)7-15(11-20)14-9-17(24-2)19(26-4)18(10-14)25-3/h5-10H,1-4H3/b15-7-. The number of hydrogen-bond acceptors (Lipinski definition) is 6. The van der Waals surface area contributed by atoms with Crippen LogP contribution in [0.2, 0.25) is 0 Å². The summed E-state index contributed by atoms with van der Waals surface area (Å²) in [6.45, 7) is 1.66. The number of allylic oxidation sites excluding steroid dienone is 1. The fourth-order valence-electron chi connectivity index (χ4n) is 2.50. The van der Waals surface area contributed by atoms with Crippen LogP contribution in [0, 0.1) is 28.4 Å². The molecule has 2 rings (SSSR count). The summed E-state index contributed by atoms with van der Waals surface area (Å²) in [7, 11) is 4.47. The molecule has 0 amide bonds. The van der Waals surface area contributed by atoms with Gasteiger partial charge in [0.15, 0.2) is 11.5 Å². The lowest BCUT2D eigenvalue weighted by molar-refractivity contribution is -0.385. The van der Waals surface area contributed by atoms with E-state index >= 15 is 0 Å². The zero-order valence-corrected chi connectivity index (χ0v) is 14.9. The van der Waals surface area contributed by atoms with E-state index in [1.54, 1.807) is 37.3 Å². The van der Waals surface area contributed by atoms with E-state index in [9.17, 15) is 15.4 Å². The first-order valence-corrected chi connectivity index (χ1v) is 7.62. The van der Waals surface area contributed by atoms with Gasteiger partial charge in [-0.05, 0) is 36.3 Å². The lowest BCUT2D eigenvalue weighted by atomic mass is 10.0. The molecule has 2 aromatic carbocycles. The number of benzene rings is 2. The Balaban J connectivity index is 2.59. The monoisotopic (exact) mass is 354 g/mol. The Morgan fingerprint density at radius 1 is 1.12 bits per heavy atom. The van der Waals surface area contributed by atoms with Crippen molar-refractivity contribution in [3.8, 4) is 23.3 Å². The maximum Gasteiger partial charge on any atom is 0.272 e. The van der Waals surface area contributed by atoms with Crippen LogP contribution in [0.5, 0.6) is 17.2 Å². The lowest BCUT2D eigenvalue weighted by Gasteiger charge is -2.13. The Hall–Kier alpha value is -3.53. The summed E-state index contributed by atoms with van der Waals surface area (Å²) in [4.78, 5) is 10.7. The van der Waals surface area contributed by atoms with E-state index in [4.69, 9.17) is 14.2 Å². The summed E-state index contributed by atoms with van der Waals surface area (Å²) < 4.78 is 15.9. The number of ether oxygens (including phenoxy) is 3. The average molecular weight is 354 g/mol. The zero-order valence-electron chi connectivity index (χ0n) is 14.9. The molecular weight excluding hydrogens is 336 g/mol. The minimum absolute atomic E-state index is 0.000863. The molecule has 26 heavy (non-hydrogen) atoms. The normalized spacial score (nSPS) is 10.8. The molecule has 2 aromatic rings. The average Bonchev–Trinajstić information content (AvgIpc) is 2.65. The lowest BCUT2D eigenvalue weighted by Crippen LogP contribution is -1.97. The molecule has 0 atom stereocenters. The van der Waals surface area contributed by atoms with E-state index in [0.29, 0.717) is 39.5 Å². The molecule has 0 unspecified atom stereocenters. The summed E-state index contributed by atoms with van der Waals surface area (Å²) >= 11 is 0. The molecule has 0 aliphatic rings. The molecule has 0 aliphatic carbocycles. The van der Waals surface area contributed by atoms with Crippen molar-refractivity contribution < 1.29 is 19.1 Å². The largest absolute Gasteiger partial charge is 0.493 e. The van der Waals surface area contributed by atoms with Gasteiger partial charge in [0.05, 0.1) is 37.9 Å². The van der Waals surface area contributed by atoms with E-state index < -0.39 is 4.92 Å². The first kappa shape index (κ1) is 18.8. The van der Waals surface area contributed by atoms with Gasteiger partial charge in [0, 0.05) is 11.6 Å². The van der Waals surface area contributed by atoms with Crippen molar-refractivity contribution in [2.75, 3.05) is 21.3 Å². The second kappa shape index (κ2) is 8.03. The Kier molecular flexibility index (Phi) is 5.81. The first-order valence-electron chi connectivity index (χ1n) is 7.62. The van der Waals surface area contributed by atoms with Crippen LogP contribution in [0.4, 0.5) is 5.69 Å². The molecule has 0 fully saturated rings. The molecule has 0 bridgehead atoms. The molecule has 0 radical (unpaired) electrons. The molecule has 0 heterocycles. The fraction of sp³-hybridized carbons (Fsp3) is 0.211. The number of nitriles is 1. The third-order valence-corrected chi connectivity index (χ3v) is 3.84. The minimum Gasteiger partial charge on any atom is -0.493 e. The Bertz CT molecular complexity index is 888. The maximum absolute atomic E-state index is 11.1. The third-order valence-electron chi connectivity index (χ3n) is 3.84. The van der Waals surface area contributed by atoms with Gasteiger partial charge < -0.3 is 14.2 Å². The number of rotatable bonds is 6. The molecule has 0 aromatic heterocycles. The van der Waals surface area contributed by atoms with E-state index in [2.05, 4.69) is 6.07 Å². The van der Waals surface area contributed by atoms with Gasteiger partial charge in [-0.15, -0.1) is 0 Å².